The molecule has 1 fully saturated rings. The van der Waals surface area contributed by atoms with Crippen LogP contribution in [0.15, 0.2) is 12.1 Å². The Bertz CT molecular complexity index is 509. The molecule has 0 amide bonds. The average molecular weight is 293 g/mol. The van der Waals surface area contributed by atoms with Gasteiger partial charge in [0, 0.05) is 38.8 Å². The second kappa shape index (κ2) is 6.09. The Labute approximate surface area is 125 Å². The summed E-state index contributed by atoms with van der Waals surface area (Å²) >= 11 is 0. The van der Waals surface area contributed by atoms with Gasteiger partial charge in [0.2, 0.25) is 12.5 Å². The zero-order valence-electron chi connectivity index (χ0n) is 12.7. The maximum absolute atomic E-state index is 5.92. The predicted octanol–water partition coefficient (Wildman–Crippen LogP) is 0.499. The van der Waals surface area contributed by atoms with Gasteiger partial charge in [-0.2, -0.15) is 0 Å². The van der Waals surface area contributed by atoms with E-state index in [1.165, 1.54) is 5.56 Å². The number of ether oxygens (including phenoxy) is 3. The second-order valence-corrected chi connectivity index (χ2v) is 5.65. The Hall–Kier alpha value is -1.50. The van der Waals surface area contributed by atoms with E-state index < -0.39 is 0 Å². The van der Waals surface area contributed by atoms with Crippen LogP contribution in [0.1, 0.15) is 5.56 Å². The van der Waals surface area contributed by atoms with Crippen LogP contribution in [0.5, 0.6) is 17.2 Å². The molecule has 6 heteroatoms. The highest BCUT2D eigenvalue weighted by Gasteiger charge is 2.26. The summed E-state index contributed by atoms with van der Waals surface area (Å²) < 4.78 is 16.3. The van der Waals surface area contributed by atoms with E-state index in [1.54, 1.807) is 7.11 Å². The van der Waals surface area contributed by atoms with Crippen molar-refractivity contribution < 1.29 is 14.2 Å². The zero-order chi connectivity index (χ0) is 14.8. The van der Waals surface area contributed by atoms with Gasteiger partial charge in [0.1, 0.15) is 0 Å². The lowest BCUT2D eigenvalue weighted by Gasteiger charge is -2.39. The topological polar surface area (TPSA) is 60.2 Å². The average Bonchev–Trinajstić information content (AvgIpc) is 2.96. The molecule has 21 heavy (non-hydrogen) atoms. The molecule has 1 aromatic rings. The van der Waals surface area contributed by atoms with Crippen LogP contribution in [0.25, 0.3) is 0 Å². The van der Waals surface area contributed by atoms with Gasteiger partial charge < -0.3 is 24.8 Å². The number of methoxy groups -OCH3 is 1. The first-order chi connectivity index (χ1) is 10.2. The van der Waals surface area contributed by atoms with Crippen LogP contribution < -0.4 is 19.9 Å². The molecule has 1 atom stereocenters. The minimum atomic E-state index is 0.259. The molecule has 2 heterocycles. The van der Waals surface area contributed by atoms with Gasteiger partial charge in [-0.05, 0) is 24.7 Å². The summed E-state index contributed by atoms with van der Waals surface area (Å²) in [7, 11) is 3.79. The van der Waals surface area contributed by atoms with Crippen molar-refractivity contribution in [1.29, 1.82) is 0 Å². The largest absolute Gasteiger partial charge is 0.493 e. The lowest BCUT2D eigenvalue weighted by Crippen LogP contribution is -2.54. The van der Waals surface area contributed by atoms with Crippen LogP contribution in [0.4, 0.5) is 0 Å². The zero-order valence-corrected chi connectivity index (χ0v) is 12.7. The number of fused-ring (bicyclic) bond motifs is 1. The van der Waals surface area contributed by atoms with Crippen molar-refractivity contribution in [3.63, 3.8) is 0 Å². The number of nitrogens with zero attached hydrogens (tertiary/aromatic N) is 2. The summed E-state index contributed by atoms with van der Waals surface area (Å²) in [5, 5.41) is 0. The molecule has 2 N–H and O–H groups in total. The molecule has 0 aromatic heterocycles. The van der Waals surface area contributed by atoms with Crippen LogP contribution in [0.2, 0.25) is 0 Å². The molecule has 0 aliphatic carbocycles. The summed E-state index contributed by atoms with van der Waals surface area (Å²) in [4.78, 5) is 4.76. The van der Waals surface area contributed by atoms with E-state index >= 15 is 0 Å². The number of piperazine rings is 1. The highest BCUT2D eigenvalue weighted by molar-refractivity contribution is 5.55. The van der Waals surface area contributed by atoms with Gasteiger partial charge in [0.05, 0.1) is 7.11 Å². The van der Waals surface area contributed by atoms with E-state index in [9.17, 15) is 0 Å². The first-order valence-corrected chi connectivity index (χ1v) is 7.30. The fourth-order valence-electron chi connectivity index (χ4n) is 2.99. The molecule has 116 valence electrons. The van der Waals surface area contributed by atoms with E-state index in [2.05, 4.69) is 16.8 Å². The van der Waals surface area contributed by atoms with E-state index in [1.807, 2.05) is 12.1 Å². The van der Waals surface area contributed by atoms with Crippen molar-refractivity contribution in [3.05, 3.63) is 17.7 Å². The van der Waals surface area contributed by atoms with Crippen LogP contribution in [0, 0.1) is 0 Å². The number of rotatable bonds is 4. The van der Waals surface area contributed by atoms with Crippen molar-refractivity contribution in [2.24, 2.45) is 5.73 Å². The van der Waals surface area contributed by atoms with Crippen molar-refractivity contribution >= 4 is 0 Å². The van der Waals surface area contributed by atoms with Crippen LogP contribution in [-0.2, 0) is 6.54 Å². The molecular weight excluding hydrogens is 270 g/mol. The summed E-state index contributed by atoms with van der Waals surface area (Å²) in [6, 6.07) is 4.45. The van der Waals surface area contributed by atoms with Crippen LogP contribution >= 0.6 is 0 Å². The van der Waals surface area contributed by atoms with Gasteiger partial charge in [-0.15, -0.1) is 0 Å². The van der Waals surface area contributed by atoms with E-state index in [-0.39, 0.29) is 6.79 Å². The molecule has 6 nitrogen and oxygen atoms in total. The van der Waals surface area contributed by atoms with E-state index in [0.717, 1.165) is 37.7 Å². The van der Waals surface area contributed by atoms with Gasteiger partial charge in [-0.1, -0.05) is 0 Å². The van der Waals surface area contributed by atoms with Crippen molar-refractivity contribution in [2.75, 3.05) is 47.1 Å². The normalized spacial score (nSPS) is 22.5. The quantitative estimate of drug-likeness (QED) is 0.872. The molecular formula is C15H23N3O3. The molecule has 0 saturated carbocycles. The van der Waals surface area contributed by atoms with Gasteiger partial charge in [-0.25, -0.2) is 0 Å². The molecule has 0 spiro atoms. The van der Waals surface area contributed by atoms with Crippen molar-refractivity contribution in [1.82, 2.24) is 9.80 Å². The minimum absolute atomic E-state index is 0.259. The Balaban J connectivity index is 1.78. The molecule has 1 aromatic carbocycles. The molecule has 0 radical (unpaired) electrons. The summed E-state index contributed by atoms with van der Waals surface area (Å²) in [6.07, 6.45) is 0. The third kappa shape index (κ3) is 2.92. The van der Waals surface area contributed by atoms with Gasteiger partial charge >= 0.3 is 0 Å². The van der Waals surface area contributed by atoms with E-state index in [4.69, 9.17) is 19.9 Å². The maximum atomic E-state index is 5.92. The lowest BCUT2D eigenvalue weighted by atomic mass is 10.1. The van der Waals surface area contributed by atoms with Crippen LogP contribution in [0.3, 0.4) is 0 Å². The monoisotopic (exact) mass is 293 g/mol. The number of hydrogen-bond donors (Lipinski definition) is 1. The fourth-order valence-corrected chi connectivity index (χ4v) is 2.99. The molecule has 2 aliphatic rings. The number of likely N-dealkylation sites (N-methyl/N-ethyl adjacent to an activating group) is 1. The third-order valence-corrected chi connectivity index (χ3v) is 4.18. The first kappa shape index (κ1) is 14.4. The molecule has 2 aliphatic heterocycles. The summed E-state index contributed by atoms with van der Waals surface area (Å²) in [5.41, 5.74) is 7.08. The fraction of sp³-hybridized carbons (Fsp3) is 0.600. The highest BCUT2D eigenvalue weighted by atomic mass is 16.7. The predicted molar refractivity (Wildman–Crippen MR) is 79.9 cm³/mol. The molecule has 0 bridgehead atoms. The van der Waals surface area contributed by atoms with Crippen molar-refractivity contribution in [3.8, 4) is 17.2 Å². The standard InChI is InChI=1S/C15H23N3O3/c1-17-3-4-18(12(7-16)9-17)8-11-5-13(19-2)15-14(6-11)20-10-21-15/h5-6,12H,3-4,7-10,16H2,1-2H3. The number of hydrogen-bond acceptors (Lipinski definition) is 6. The Morgan fingerprint density at radius 1 is 1.33 bits per heavy atom. The maximum Gasteiger partial charge on any atom is 0.231 e. The summed E-state index contributed by atoms with van der Waals surface area (Å²) in [5.74, 6) is 2.20. The van der Waals surface area contributed by atoms with Gasteiger partial charge in [0.25, 0.3) is 0 Å². The third-order valence-electron chi connectivity index (χ3n) is 4.18. The molecule has 1 unspecified atom stereocenters. The Morgan fingerprint density at radius 3 is 2.95 bits per heavy atom. The van der Waals surface area contributed by atoms with Gasteiger partial charge in [0.15, 0.2) is 11.5 Å². The van der Waals surface area contributed by atoms with Gasteiger partial charge in [-0.3, -0.25) is 4.90 Å². The Kier molecular flexibility index (Phi) is 4.19. The van der Waals surface area contributed by atoms with Crippen LogP contribution in [-0.4, -0.2) is 63.0 Å². The Morgan fingerprint density at radius 2 is 2.19 bits per heavy atom. The molecule has 3 rings (SSSR count). The SMILES string of the molecule is COc1cc(CN2CCN(C)CC2CN)cc2c1OCO2. The summed E-state index contributed by atoms with van der Waals surface area (Å²) in [6.45, 7) is 4.88. The first-order valence-electron chi connectivity index (χ1n) is 7.30. The smallest absolute Gasteiger partial charge is 0.231 e. The highest BCUT2D eigenvalue weighted by Crippen LogP contribution is 2.42. The second-order valence-electron chi connectivity index (χ2n) is 5.65. The number of benzene rings is 1. The van der Waals surface area contributed by atoms with Crippen molar-refractivity contribution in [2.45, 2.75) is 12.6 Å². The number of nitrogens with two attached hydrogens (primary N) is 1. The minimum Gasteiger partial charge on any atom is -0.493 e. The van der Waals surface area contributed by atoms with E-state index in [0.29, 0.717) is 18.3 Å². The lowest BCUT2D eigenvalue weighted by molar-refractivity contribution is 0.0880. The molecule has 1 saturated heterocycles.